The molecule has 6 heteroatoms. The van der Waals surface area contributed by atoms with Crippen molar-refractivity contribution in [3.63, 3.8) is 0 Å². The number of nitrogens with zero attached hydrogens (tertiary/aromatic N) is 1. The fourth-order valence-electron chi connectivity index (χ4n) is 2.83. The molecule has 0 aromatic heterocycles. The first-order chi connectivity index (χ1) is 13.4. The van der Waals surface area contributed by atoms with E-state index in [9.17, 15) is 9.59 Å². The summed E-state index contributed by atoms with van der Waals surface area (Å²) in [5.41, 5.74) is 3.07. The summed E-state index contributed by atoms with van der Waals surface area (Å²) in [4.78, 5) is 26.6. The van der Waals surface area contributed by atoms with Crippen molar-refractivity contribution in [1.29, 1.82) is 0 Å². The van der Waals surface area contributed by atoms with Gasteiger partial charge in [0.15, 0.2) is 0 Å². The lowest BCUT2D eigenvalue weighted by atomic mass is 10.1. The largest absolute Gasteiger partial charge is 0.376 e. The normalized spacial score (nSPS) is 10.4. The molecule has 28 heavy (non-hydrogen) atoms. The zero-order valence-electron chi connectivity index (χ0n) is 16.7. The van der Waals surface area contributed by atoms with Gasteiger partial charge in [-0.15, -0.1) is 0 Å². The van der Waals surface area contributed by atoms with Crippen LogP contribution in [0.4, 0.5) is 11.4 Å². The fraction of sp³-hybridized carbons (Fsp3) is 0.364. The first-order valence-corrected chi connectivity index (χ1v) is 10.0. The molecule has 0 saturated carbocycles. The third-order valence-corrected chi connectivity index (χ3v) is 4.72. The molecule has 2 aromatic rings. The molecule has 0 unspecified atom stereocenters. The number of halogens is 1. The quantitative estimate of drug-likeness (QED) is 0.624. The van der Waals surface area contributed by atoms with E-state index in [4.69, 9.17) is 11.6 Å². The summed E-state index contributed by atoms with van der Waals surface area (Å²) in [5, 5.41) is 6.49. The number of benzene rings is 2. The van der Waals surface area contributed by atoms with Gasteiger partial charge in [0.05, 0.1) is 6.54 Å². The second-order valence-electron chi connectivity index (χ2n) is 6.74. The molecule has 2 amide bonds. The van der Waals surface area contributed by atoms with Crippen LogP contribution in [0.15, 0.2) is 42.5 Å². The van der Waals surface area contributed by atoms with Crippen molar-refractivity contribution in [3.8, 4) is 0 Å². The highest BCUT2D eigenvalue weighted by Crippen LogP contribution is 2.20. The molecular weight excluding hydrogens is 374 g/mol. The lowest BCUT2D eigenvalue weighted by Gasteiger charge is -2.21. The van der Waals surface area contributed by atoms with Crippen LogP contribution < -0.4 is 10.6 Å². The molecular formula is C22H28ClN3O2. The maximum Gasteiger partial charge on any atom is 0.253 e. The molecule has 0 aliphatic carbocycles. The number of carbonyl (C=O) groups is 2. The Morgan fingerprint density at radius 1 is 0.964 bits per heavy atom. The number of nitrogens with one attached hydrogen (secondary N) is 2. The Balaban J connectivity index is 1.90. The molecule has 0 atom stereocenters. The van der Waals surface area contributed by atoms with Gasteiger partial charge in [-0.1, -0.05) is 31.5 Å². The van der Waals surface area contributed by atoms with Gasteiger partial charge in [0, 0.05) is 35.1 Å². The minimum absolute atomic E-state index is 0.0456. The lowest BCUT2D eigenvalue weighted by molar-refractivity contribution is -0.114. The Labute approximate surface area is 172 Å². The van der Waals surface area contributed by atoms with E-state index in [0.29, 0.717) is 16.3 Å². The first-order valence-electron chi connectivity index (χ1n) is 9.63. The summed E-state index contributed by atoms with van der Waals surface area (Å²) in [6.45, 7) is 7.69. The summed E-state index contributed by atoms with van der Waals surface area (Å²) >= 11 is 6.07. The highest BCUT2D eigenvalue weighted by Gasteiger charge is 2.14. The van der Waals surface area contributed by atoms with Gasteiger partial charge in [-0.05, 0) is 61.7 Å². The minimum atomic E-state index is -0.169. The molecule has 0 heterocycles. The topological polar surface area (TPSA) is 61.4 Å². The Hall–Kier alpha value is -2.53. The molecule has 2 rings (SSSR count). The second-order valence-corrected chi connectivity index (χ2v) is 7.14. The average Bonchev–Trinajstić information content (AvgIpc) is 2.69. The Kier molecular flexibility index (Phi) is 8.33. The van der Waals surface area contributed by atoms with Crippen molar-refractivity contribution in [3.05, 3.63) is 58.6 Å². The summed E-state index contributed by atoms with van der Waals surface area (Å²) in [5.74, 6) is -0.124. The number of anilines is 2. The maximum atomic E-state index is 12.6. The highest BCUT2D eigenvalue weighted by molar-refractivity contribution is 6.31. The third-order valence-electron chi connectivity index (χ3n) is 4.31. The van der Waals surface area contributed by atoms with Crippen LogP contribution in [0.3, 0.4) is 0 Å². The van der Waals surface area contributed by atoms with Crippen molar-refractivity contribution in [2.75, 3.05) is 30.3 Å². The molecule has 0 aliphatic rings. The standard InChI is InChI=1S/C22H28ClN3O2/c1-4-12-26(13-5-2)22(28)17-7-10-18(11-8-17)24-15-21(27)25-19-9-6-16(3)20(23)14-19/h6-11,14,24H,4-5,12-13,15H2,1-3H3,(H,25,27). The van der Waals surface area contributed by atoms with E-state index in [2.05, 4.69) is 24.5 Å². The van der Waals surface area contributed by atoms with Crippen molar-refractivity contribution in [1.82, 2.24) is 4.90 Å². The monoisotopic (exact) mass is 401 g/mol. The zero-order valence-corrected chi connectivity index (χ0v) is 17.5. The molecule has 150 valence electrons. The van der Waals surface area contributed by atoms with Crippen molar-refractivity contribution in [2.24, 2.45) is 0 Å². The zero-order chi connectivity index (χ0) is 20.5. The SMILES string of the molecule is CCCN(CCC)C(=O)c1ccc(NCC(=O)Nc2ccc(C)c(Cl)c2)cc1. The van der Waals surface area contributed by atoms with Crippen LogP contribution in [0, 0.1) is 6.92 Å². The van der Waals surface area contributed by atoms with E-state index >= 15 is 0 Å². The second kappa shape index (κ2) is 10.7. The molecule has 2 N–H and O–H groups in total. The predicted octanol–water partition coefficient (Wildman–Crippen LogP) is 4.96. The van der Waals surface area contributed by atoms with Gasteiger partial charge in [0.25, 0.3) is 5.91 Å². The van der Waals surface area contributed by atoms with Crippen molar-refractivity contribution < 1.29 is 9.59 Å². The van der Waals surface area contributed by atoms with Crippen LogP contribution in [0.5, 0.6) is 0 Å². The number of amides is 2. The van der Waals surface area contributed by atoms with Gasteiger partial charge in [-0.25, -0.2) is 0 Å². The maximum absolute atomic E-state index is 12.6. The average molecular weight is 402 g/mol. The fourth-order valence-corrected chi connectivity index (χ4v) is 3.01. The van der Waals surface area contributed by atoms with Crippen LogP contribution in [-0.2, 0) is 4.79 Å². The van der Waals surface area contributed by atoms with Crippen LogP contribution in [0.25, 0.3) is 0 Å². The number of aryl methyl sites for hydroxylation is 1. The Morgan fingerprint density at radius 2 is 1.57 bits per heavy atom. The summed E-state index contributed by atoms with van der Waals surface area (Å²) in [6, 6.07) is 12.6. The van der Waals surface area contributed by atoms with Gasteiger partial charge < -0.3 is 15.5 Å². The molecule has 0 spiro atoms. The molecule has 5 nitrogen and oxygen atoms in total. The third kappa shape index (κ3) is 6.27. The van der Waals surface area contributed by atoms with Crippen LogP contribution in [0.2, 0.25) is 5.02 Å². The molecule has 0 radical (unpaired) electrons. The molecule has 0 saturated heterocycles. The minimum Gasteiger partial charge on any atom is -0.376 e. The van der Waals surface area contributed by atoms with Crippen LogP contribution in [-0.4, -0.2) is 36.3 Å². The van der Waals surface area contributed by atoms with Crippen molar-refractivity contribution >= 4 is 34.8 Å². The summed E-state index contributed by atoms with van der Waals surface area (Å²) < 4.78 is 0. The van der Waals surface area contributed by atoms with E-state index in [0.717, 1.165) is 37.2 Å². The Bertz CT molecular complexity index is 800. The number of hydrogen-bond acceptors (Lipinski definition) is 3. The van der Waals surface area contributed by atoms with Gasteiger partial charge in [0.1, 0.15) is 0 Å². The van der Waals surface area contributed by atoms with Crippen LogP contribution >= 0.6 is 11.6 Å². The van der Waals surface area contributed by atoms with Gasteiger partial charge >= 0.3 is 0 Å². The van der Waals surface area contributed by atoms with Gasteiger partial charge in [-0.3, -0.25) is 9.59 Å². The van der Waals surface area contributed by atoms with Crippen LogP contribution in [0.1, 0.15) is 42.6 Å². The molecule has 0 aliphatic heterocycles. The molecule has 2 aromatic carbocycles. The van der Waals surface area contributed by atoms with Gasteiger partial charge in [-0.2, -0.15) is 0 Å². The van der Waals surface area contributed by atoms with E-state index in [1.807, 2.05) is 36.1 Å². The summed E-state index contributed by atoms with van der Waals surface area (Å²) in [6.07, 6.45) is 1.87. The predicted molar refractivity (Wildman–Crippen MR) is 116 cm³/mol. The number of rotatable bonds is 9. The van der Waals surface area contributed by atoms with Gasteiger partial charge in [0.2, 0.25) is 5.91 Å². The van der Waals surface area contributed by atoms with E-state index in [1.165, 1.54) is 0 Å². The Morgan fingerprint density at radius 3 is 2.14 bits per heavy atom. The van der Waals surface area contributed by atoms with E-state index in [-0.39, 0.29) is 18.4 Å². The lowest BCUT2D eigenvalue weighted by Crippen LogP contribution is -2.32. The summed E-state index contributed by atoms with van der Waals surface area (Å²) in [7, 11) is 0. The van der Waals surface area contributed by atoms with E-state index < -0.39 is 0 Å². The highest BCUT2D eigenvalue weighted by atomic mass is 35.5. The number of carbonyl (C=O) groups excluding carboxylic acids is 2. The number of hydrogen-bond donors (Lipinski definition) is 2. The smallest absolute Gasteiger partial charge is 0.253 e. The molecule has 0 fully saturated rings. The van der Waals surface area contributed by atoms with Crippen molar-refractivity contribution in [2.45, 2.75) is 33.6 Å². The van der Waals surface area contributed by atoms with E-state index in [1.54, 1.807) is 18.2 Å². The molecule has 0 bridgehead atoms. The first kappa shape index (κ1) is 21.8.